The van der Waals surface area contributed by atoms with Crippen molar-refractivity contribution in [3.63, 3.8) is 0 Å². The molecule has 2 N–H and O–H groups in total. The van der Waals surface area contributed by atoms with Crippen LogP contribution in [0.2, 0.25) is 0 Å². The van der Waals surface area contributed by atoms with Crippen molar-refractivity contribution in [3.8, 4) is 11.3 Å². The summed E-state index contributed by atoms with van der Waals surface area (Å²) in [7, 11) is -0.925. The molecule has 0 radical (unpaired) electrons. The Labute approximate surface area is 165 Å². The summed E-state index contributed by atoms with van der Waals surface area (Å²) < 4.78 is 33.8. The predicted octanol–water partition coefficient (Wildman–Crippen LogP) is 2.08. The highest BCUT2D eigenvalue weighted by molar-refractivity contribution is 6.61. The van der Waals surface area contributed by atoms with E-state index in [9.17, 15) is 18.6 Å². The number of nitrogens with one attached hydrogen (secondary N) is 1. The molecule has 2 aromatic carbocycles. The number of carbonyl (C=O) groups is 1. The Hall–Kier alpha value is -3.10. The van der Waals surface area contributed by atoms with Crippen LogP contribution in [-0.2, 0) is 24.2 Å². The van der Waals surface area contributed by atoms with Crippen molar-refractivity contribution in [2.75, 3.05) is 0 Å². The van der Waals surface area contributed by atoms with Crippen LogP contribution in [0.5, 0.6) is 0 Å². The second-order valence-electron chi connectivity index (χ2n) is 7.14. The summed E-state index contributed by atoms with van der Waals surface area (Å²) >= 11 is 0. The number of benzene rings is 2. The summed E-state index contributed by atoms with van der Waals surface area (Å²) in [6.07, 6.45) is 0.380. The molecule has 0 saturated heterocycles. The molecule has 1 amide bonds. The predicted molar refractivity (Wildman–Crippen MR) is 102 cm³/mol. The number of aromatic nitrogens is 1. The van der Waals surface area contributed by atoms with E-state index in [4.69, 9.17) is 4.65 Å². The standard InChI is InChI=1S/C21H15BF2N2O3/c23-15-2-1-3-16(24)20(15)17-8-12(19-18(26-17)9-25-21(19)27)6-11-4-5-14-13(7-11)10-29-22(14)28/h1-5,7-8,28H,6,9-10H2,(H,25,27). The molecule has 0 unspecified atom stereocenters. The molecule has 29 heavy (non-hydrogen) atoms. The number of rotatable bonds is 3. The van der Waals surface area contributed by atoms with Gasteiger partial charge in [-0.15, -0.1) is 0 Å². The molecule has 2 aliphatic rings. The van der Waals surface area contributed by atoms with Crippen LogP contribution < -0.4 is 10.8 Å². The topological polar surface area (TPSA) is 71.5 Å². The van der Waals surface area contributed by atoms with E-state index in [-0.39, 0.29) is 23.7 Å². The molecule has 0 fully saturated rings. The number of fused-ring (bicyclic) bond motifs is 2. The summed E-state index contributed by atoms with van der Waals surface area (Å²) in [6, 6.07) is 10.8. The first-order chi connectivity index (χ1) is 14.0. The zero-order chi connectivity index (χ0) is 20.1. The molecule has 0 saturated carbocycles. The van der Waals surface area contributed by atoms with E-state index in [1.807, 2.05) is 12.1 Å². The lowest BCUT2D eigenvalue weighted by molar-refractivity contribution is 0.0965. The van der Waals surface area contributed by atoms with Gasteiger partial charge in [-0.2, -0.15) is 0 Å². The molecule has 5 rings (SSSR count). The fourth-order valence-corrected chi connectivity index (χ4v) is 3.94. The molecule has 0 spiro atoms. The van der Waals surface area contributed by atoms with Crippen molar-refractivity contribution in [3.05, 3.63) is 82.0 Å². The van der Waals surface area contributed by atoms with Crippen molar-refractivity contribution in [2.24, 2.45) is 0 Å². The van der Waals surface area contributed by atoms with E-state index in [2.05, 4.69) is 10.3 Å². The largest absolute Gasteiger partial charge is 0.491 e. The van der Waals surface area contributed by atoms with Gasteiger partial charge in [-0.3, -0.25) is 4.79 Å². The van der Waals surface area contributed by atoms with Gasteiger partial charge in [0.05, 0.1) is 35.7 Å². The van der Waals surface area contributed by atoms with Crippen LogP contribution in [0.1, 0.15) is 32.7 Å². The minimum atomic E-state index is -0.925. The van der Waals surface area contributed by atoms with Crippen molar-refractivity contribution < 1.29 is 23.3 Å². The molecule has 3 heterocycles. The number of hydrogen-bond acceptors (Lipinski definition) is 4. The van der Waals surface area contributed by atoms with E-state index in [1.54, 1.807) is 12.1 Å². The van der Waals surface area contributed by atoms with Gasteiger partial charge in [0.1, 0.15) is 11.6 Å². The third kappa shape index (κ3) is 3.01. The third-order valence-corrected chi connectivity index (χ3v) is 5.30. The fraction of sp³-hybridized carbons (Fsp3) is 0.143. The van der Waals surface area contributed by atoms with Gasteiger partial charge in [-0.1, -0.05) is 24.3 Å². The van der Waals surface area contributed by atoms with E-state index < -0.39 is 18.8 Å². The molecule has 1 aromatic heterocycles. The van der Waals surface area contributed by atoms with Gasteiger partial charge in [-0.05, 0) is 46.8 Å². The molecule has 0 atom stereocenters. The Morgan fingerprint density at radius 3 is 2.72 bits per heavy atom. The maximum atomic E-state index is 14.3. The maximum Gasteiger partial charge on any atom is 0.491 e. The second-order valence-corrected chi connectivity index (χ2v) is 7.14. The van der Waals surface area contributed by atoms with Gasteiger partial charge >= 0.3 is 7.12 Å². The highest BCUT2D eigenvalue weighted by Crippen LogP contribution is 2.30. The van der Waals surface area contributed by atoms with Crippen molar-refractivity contribution in [1.82, 2.24) is 10.3 Å². The monoisotopic (exact) mass is 392 g/mol. The number of halogens is 2. The summed E-state index contributed by atoms with van der Waals surface area (Å²) in [6.45, 7) is 0.528. The van der Waals surface area contributed by atoms with E-state index >= 15 is 0 Å². The van der Waals surface area contributed by atoms with Crippen molar-refractivity contribution in [1.29, 1.82) is 0 Å². The quantitative estimate of drug-likeness (QED) is 0.670. The maximum absolute atomic E-state index is 14.3. The van der Waals surface area contributed by atoms with Crippen LogP contribution in [0.25, 0.3) is 11.3 Å². The normalized spacial score (nSPS) is 14.7. The first-order valence-corrected chi connectivity index (χ1v) is 9.18. The zero-order valence-corrected chi connectivity index (χ0v) is 15.2. The Morgan fingerprint density at radius 1 is 1.14 bits per heavy atom. The van der Waals surface area contributed by atoms with Crippen LogP contribution in [0, 0.1) is 11.6 Å². The van der Waals surface area contributed by atoms with Gasteiger partial charge in [0.15, 0.2) is 0 Å². The minimum Gasteiger partial charge on any atom is -0.423 e. The van der Waals surface area contributed by atoms with Crippen molar-refractivity contribution >= 4 is 18.5 Å². The first-order valence-electron chi connectivity index (χ1n) is 9.18. The first kappa shape index (κ1) is 18.0. The molecule has 8 heteroatoms. The van der Waals surface area contributed by atoms with Crippen LogP contribution >= 0.6 is 0 Å². The van der Waals surface area contributed by atoms with E-state index in [0.717, 1.165) is 16.6 Å². The summed E-state index contributed by atoms with van der Waals surface area (Å²) in [5, 5.41) is 12.5. The Bertz CT molecular complexity index is 1150. The molecular weight excluding hydrogens is 377 g/mol. The van der Waals surface area contributed by atoms with E-state index in [1.165, 1.54) is 18.2 Å². The molecule has 5 nitrogen and oxygen atoms in total. The average molecular weight is 392 g/mol. The van der Waals surface area contributed by atoms with Gasteiger partial charge in [-0.25, -0.2) is 13.8 Å². The molecule has 2 aliphatic heterocycles. The Kier molecular flexibility index (Phi) is 4.18. The van der Waals surface area contributed by atoms with Gasteiger partial charge < -0.3 is 15.0 Å². The SMILES string of the molecule is O=C1NCc2nc(-c3c(F)cccc3F)cc(Cc3ccc4c(c3)COB4O)c21. The average Bonchev–Trinajstić information content (AvgIpc) is 3.25. The number of carbonyl (C=O) groups excluding carboxylic acids is 1. The molecule has 0 aliphatic carbocycles. The Balaban J connectivity index is 1.61. The van der Waals surface area contributed by atoms with Crippen LogP contribution in [-0.4, -0.2) is 23.0 Å². The number of amides is 1. The fourth-order valence-electron chi connectivity index (χ4n) is 3.94. The van der Waals surface area contributed by atoms with Crippen molar-refractivity contribution in [2.45, 2.75) is 19.6 Å². The lowest BCUT2D eigenvalue weighted by Gasteiger charge is -2.12. The third-order valence-electron chi connectivity index (χ3n) is 5.30. The Morgan fingerprint density at radius 2 is 1.93 bits per heavy atom. The van der Waals surface area contributed by atoms with Gasteiger partial charge in [0.25, 0.3) is 5.91 Å². The second kappa shape index (κ2) is 6.75. The van der Waals surface area contributed by atoms with E-state index in [0.29, 0.717) is 29.8 Å². The molecule has 144 valence electrons. The molecule has 3 aromatic rings. The lowest BCUT2D eigenvalue weighted by Crippen LogP contribution is -2.27. The summed E-state index contributed by atoms with van der Waals surface area (Å²) in [4.78, 5) is 16.7. The van der Waals surface area contributed by atoms with Crippen LogP contribution in [0.4, 0.5) is 8.78 Å². The van der Waals surface area contributed by atoms with Gasteiger partial charge in [0.2, 0.25) is 0 Å². The zero-order valence-electron chi connectivity index (χ0n) is 15.2. The lowest BCUT2D eigenvalue weighted by atomic mass is 9.79. The summed E-state index contributed by atoms with van der Waals surface area (Å²) in [5.41, 5.74) is 4.02. The minimum absolute atomic E-state index is 0.158. The van der Waals surface area contributed by atoms with Gasteiger partial charge in [0, 0.05) is 0 Å². The van der Waals surface area contributed by atoms with Crippen LogP contribution in [0.3, 0.4) is 0 Å². The summed E-state index contributed by atoms with van der Waals surface area (Å²) in [5.74, 6) is -1.66. The smallest absolute Gasteiger partial charge is 0.423 e. The number of nitrogens with zero attached hydrogens (tertiary/aromatic N) is 1. The number of hydrogen-bond donors (Lipinski definition) is 2. The highest BCUT2D eigenvalue weighted by Gasteiger charge is 2.29. The molecule has 0 bridgehead atoms. The number of pyridine rings is 1. The van der Waals surface area contributed by atoms with Crippen LogP contribution in [0.15, 0.2) is 42.5 Å². The highest BCUT2D eigenvalue weighted by atomic mass is 19.1. The molecular formula is C21H15BF2N2O3.